The summed E-state index contributed by atoms with van der Waals surface area (Å²) >= 11 is 13.0. The van der Waals surface area contributed by atoms with Gasteiger partial charge in [0.1, 0.15) is 5.02 Å². The lowest BCUT2D eigenvalue weighted by Crippen LogP contribution is -2.07. The highest BCUT2D eigenvalue weighted by atomic mass is 35.5. The van der Waals surface area contributed by atoms with Crippen molar-refractivity contribution in [2.24, 2.45) is 0 Å². The van der Waals surface area contributed by atoms with Crippen molar-refractivity contribution in [2.75, 3.05) is 5.32 Å². The number of thiazole rings is 1. The number of aromatic nitrogens is 1. The molecule has 126 valence electrons. The van der Waals surface area contributed by atoms with Gasteiger partial charge < -0.3 is 0 Å². The van der Waals surface area contributed by atoms with Crippen molar-refractivity contribution in [1.29, 1.82) is 0 Å². The lowest BCUT2D eigenvalue weighted by Gasteiger charge is -1.98. The first-order valence-electron chi connectivity index (χ1n) is 6.91. The predicted molar refractivity (Wildman–Crippen MR) is 100 cm³/mol. The molecule has 1 amide bonds. The van der Waals surface area contributed by atoms with Gasteiger partial charge in [-0.3, -0.25) is 20.2 Å². The van der Waals surface area contributed by atoms with Crippen molar-refractivity contribution in [1.82, 2.24) is 4.98 Å². The molecule has 0 spiro atoms. The van der Waals surface area contributed by atoms with E-state index in [1.54, 1.807) is 24.3 Å². The number of fused-ring (bicyclic) bond motifs is 1. The minimum absolute atomic E-state index is 0.0414. The molecule has 3 rings (SSSR count). The number of nitro groups is 1. The van der Waals surface area contributed by atoms with E-state index in [0.717, 1.165) is 10.2 Å². The standard InChI is InChI=1S/C16H9Cl2N3O3S/c17-10-3-5-12-14(8-10)25-16(19-12)20-15(22)6-2-9-1-4-11(18)13(7-9)21(23)24/h1-8H,(H,19,20,22). The van der Waals surface area contributed by atoms with E-state index in [4.69, 9.17) is 23.2 Å². The molecule has 0 radical (unpaired) electrons. The van der Waals surface area contributed by atoms with Crippen LogP contribution in [0.5, 0.6) is 0 Å². The fourth-order valence-corrected chi connectivity index (χ4v) is 3.38. The Labute approximate surface area is 155 Å². The van der Waals surface area contributed by atoms with Crippen molar-refractivity contribution >= 4 is 67.6 Å². The van der Waals surface area contributed by atoms with Crippen molar-refractivity contribution < 1.29 is 9.72 Å². The van der Waals surface area contributed by atoms with Crippen LogP contribution in [0.1, 0.15) is 5.56 Å². The molecule has 0 bridgehead atoms. The minimum Gasteiger partial charge on any atom is -0.298 e. The van der Waals surface area contributed by atoms with Crippen LogP contribution >= 0.6 is 34.5 Å². The van der Waals surface area contributed by atoms with Crippen LogP contribution in [0.4, 0.5) is 10.8 Å². The summed E-state index contributed by atoms with van der Waals surface area (Å²) in [7, 11) is 0. The molecule has 1 aromatic heterocycles. The number of carbonyl (C=O) groups excluding carboxylic acids is 1. The first kappa shape index (κ1) is 17.3. The van der Waals surface area contributed by atoms with Crippen molar-refractivity contribution in [3.8, 4) is 0 Å². The van der Waals surface area contributed by atoms with Gasteiger partial charge in [-0.25, -0.2) is 4.98 Å². The van der Waals surface area contributed by atoms with Crippen LogP contribution in [-0.4, -0.2) is 15.8 Å². The van der Waals surface area contributed by atoms with Crippen LogP contribution in [0.15, 0.2) is 42.5 Å². The van der Waals surface area contributed by atoms with Gasteiger partial charge in [0.05, 0.1) is 15.1 Å². The monoisotopic (exact) mass is 393 g/mol. The van der Waals surface area contributed by atoms with E-state index in [0.29, 0.717) is 15.7 Å². The maximum absolute atomic E-state index is 12.0. The van der Waals surface area contributed by atoms with Crippen LogP contribution in [0.2, 0.25) is 10.0 Å². The fraction of sp³-hybridized carbons (Fsp3) is 0. The number of nitro benzene ring substituents is 1. The molecular weight excluding hydrogens is 385 g/mol. The third kappa shape index (κ3) is 4.14. The number of amides is 1. The molecular formula is C16H9Cl2N3O3S. The van der Waals surface area contributed by atoms with Crippen LogP contribution in [0.3, 0.4) is 0 Å². The molecule has 6 nitrogen and oxygen atoms in total. The molecule has 0 aliphatic carbocycles. The second-order valence-electron chi connectivity index (χ2n) is 4.92. The first-order chi connectivity index (χ1) is 11.9. The van der Waals surface area contributed by atoms with Crippen LogP contribution < -0.4 is 5.32 Å². The van der Waals surface area contributed by atoms with Crippen molar-refractivity contribution in [2.45, 2.75) is 0 Å². The van der Waals surface area contributed by atoms with Crippen LogP contribution in [-0.2, 0) is 4.79 Å². The molecule has 0 saturated heterocycles. The fourth-order valence-electron chi connectivity index (χ4n) is 2.04. The number of carbonyl (C=O) groups is 1. The third-order valence-electron chi connectivity index (χ3n) is 3.17. The number of halogens is 2. The van der Waals surface area contributed by atoms with E-state index in [2.05, 4.69) is 10.3 Å². The van der Waals surface area contributed by atoms with E-state index >= 15 is 0 Å². The maximum Gasteiger partial charge on any atom is 0.288 e. The van der Waals surface area contributed by atoms with Gasteiger partial charge in [-0.1, -0.05) is 40.6 Å². The van der Waals surface area contributed by atoms with E-state index in [9.17, 15) is 14.9 Å². The van der Waals surface area contributed by atoms with Gasteiger partial charge in [0.2, 0.25) is 5.91 Å². The highest BCUT2D eigenvalue weighted by molar-refractivity contribution is 7.22. The lowest BCUT2D eigenvalue weighted by molar-refractivity contribution is -0.384. The zero-order valence-corrected chi connectivity index (χ0v) is 14.7. The second kappa shape index (κ2) is 7.18. The van der Waals surface area contributed by atoms with Gasteiger partial charge in [0.15, 0.2) is 5.13 Å². The molecule has 0 unspecified atom stereocenters. The Hall–Kier alpha value is -2.48. The zero-order chi connectivity index (χ0) is 18.0. The lowest BCUT2D eigenvalue weighted by atomic mass is 10.2. The summed E-state index contributed by atoms with van der Waals surface area (Å²) in [5.74, 6) is -0.400. The molecule has 0 fully saturated rings. The van der Waals surface area contributed by atoms with Gasteiger partial charge in [0.25, 0.3) is 5.69 Å². The summed E-state index contributed by atoms with van der Waals surface area (Å²) in [5, 5.41) is 14.6. The Bertz CT molecular complexity index is 1020. The SMILES string of the molecule is O=C(C=Cc1ccc(Cl)c([N+](=O)[O-])c1)Nc1nc2ccc(Cl)cc2s1. The molecule has 0 atom stereocenters. The number of nitrogens with one attached hydrogen (secondary N) is 1. The van der Waals surface area contributed by atoms with Crippen LogP contribution in [0, 0.1) is 10.1 Å². The number of anilines is 1. The van der Waals surface area contributed by atoms with Gasteiger partial charge in [-0.05, 0) is 35.9 Å². The molecule has 25 heavy (non-hydrogen) atoms. The number of hydrogen-bond acceptors (Lipinski definition) is 5. The first-order valence-corrected chi connectivity index (χ1v) is 8.49. The number of hydrogen-bond donors (Lipinski definition) is 1. The molecule has 9 heteroatoms. The molecule has 2 aromatic carbocycles. The average Bonchev–Trinajstić information content (AvgIpc) is 2.95. The average molecular weight is 394 g/mol. The summed E-state index contributed by atoms with van der Waals surface area (Å²) in [4.78, 5) is 26.6. The number of rotatable bonds is 4. The molecule has 1 heterocycles. The largest absolute Gasteiger partial charge is 0.298 e. The summed E-state index contributed by atoms with van der Waals surface area (Å²) in [6, 6.07) is 9.56. The highest BCUT2D eigenvalue weighted by Gasteiger charge is 2.12. The number of nitrogens with zero attached hydrogens (tertiary/aromatic N) is 2. The molecule has 0 saturated carbocycles. The molecule has 0 aliphatic heterocycles. The summed E-state index contributed by atoms with van der Waals surface area (Å²) in [6.07, 6.45) is 2.73. The number of benzene rings is 2. The Kier molecular flexibility index (Phi) is 4.98. The smallest absolute Gasteiger partial charge is 0.288 e. The van der Waals surface area contributed by atoms with E-state index in [1.807, 2.05) is 0 Å². The second-order valence-corrected chi connectivity index (χ2v) is 6.80. The predicted octanol–water partition coefficient (Wildman–Crippen LogP) is 5.16. The van der Waals surface area contributed by atoms with Crippen LogP contribution in [0.25, 0.3) is 16.3 Å². The van der Waals surface area contributed by atoms with Gasteiger partial charge >= 0.3 is 0 Å². The Balaban J connectivity index is 1.74. The van der Waals surface area contributed by atoms with Gasteiger partial charge in [-0.2, -0.15) is 0 Å². The summed E-state index contributed by atoms with van der Waals surface area (Å²) < 4.78 is 0.861. The zero-order valence-electron chi connectivity index (χ0n) is 12.4. The van der Waals surface area contributed by atoms with Gasteiger partial charge in [0, 0.05) is 17.2 Å². The van der Waals surface area contributed by atoms with Crippen molar-refractivity contribution in [3.05, 3.63) is 68.2 Å². The summed E-state index contributed by atoms with van der Waals surface area (Å²) in [6.45, 7) is 0. The third-order valence-corrected chi connectivity index (χ3v) is 4.66. The molecule has 3 aromatic rings. The Morgan fingerprint density at radius 1 is 1.24 bits per heavy atom. The molecule has 1 N–H and O–H groups in total. The highest BCUT2D eigenvalue weighted by Crippen LogP contribution is 2.28. The normalized spacial score (nSPS) is 11.1. The molecule has 0 aliphatic rings. The quantitative estimate of drug-likeness (QED) is 0.376. The van der Waals surface area contributed by atoms with Gasteiger partial charge in [-0.15, -0.1) is 0 Å². The van der Waals surface area contributed by atoms with E-state index < -0.39 is 10.8 Å². The Morgan fingerprint density at radius 2 is 2.04 bits per heavy atom. The maximum atomic E-state index is 12.0. The summed E-state index contributed by atoms with van der Waals surface area (Å²) in [5.41, 5.74) is 1.01. The van der Waals surface area contributed by atoms with E-state index in [-0.39, 0.29) is 10.7 Å². The minimum atomic E-state index is -0.577. The Morgan fingerprint density at radius 3 is 2.80 bits per heavy atom. The van der Waals surface area contributed by atoms with Crippen molar-refractivity contribution in [3.63, 3.8) is 0 Å². The topological polar surface area (TPSA) is 85.1 Å². The van der Waals surface area contributed by atoms with E-state index in [1.165, 1.54) is 35.6 Å².